The Morgan fingerprint density at radius 1 is 1.18 bits per heavy atom. The molecule has 0 aliphatic heterocycles. The molecule has 0 bridgehead atoms. The average molecular weight is 450 g/mol. The van der Waals surface area contributed by atoms with Crippen LogP contribution in [0.1, 0.15) is 51.9 Å². The Hall–Kier alpha value is -3.66. The predicted molar refractivity (Wildman–Crippen MR) is 127 cm³/mol. The average Bonchev–Trinajstić information content (AvgIpc) is 2.73. The molecule has 1 amide bonds. The summed E-state index contributed by atoms with van der Waals surface area (Å²) in [6.07, 6.45) is -1.25. The van der Waals surface area contributed by atoms with Gasteiger partial charge in [-0.25, -0.2) is 9.18 Å². The highest BCUT2D eigenvalue weighted by Gasteiger charge is 2.35. The fraction of sp³-hybridized carbons (Fsp3) is 0.346. The number of hydrogen-bond acceptors (Lipinski definition) is 3. The molecule has 0 aliphatic rings. The molecule has 0 radical (unpaired) electrons. The van der Waals surface area contributed by atoms with Crippen LogP contribution >= 0.6 is 0 Å². The summed E-state index contributed by atoms with van der Waals surface area (Å²) in [5.41, 5.74) is 0.409. The summed E-state index contributed by atoms with van der Waals surface area (Å²) in [6, 6.07) is 12.2. The van der Waals surface area contributed by atoms with Crippen molar-refractivity contribution in [2.45, 2.75) is 47.2 Å². The second-order valence-corrected chi connectivity index (χ2v) is 9.67. The Bertz CT molecular complexity index is 1310. The molecule has 1 unspecified atom stereocenters. The monoisotopic (exact) mass is 449 g/mol. The van der Waals surface area contributed by atoms with Gasteiger partial charge in [-0.3, -0.25) is 4.79 Å². The summed E-state index contributed by atoms with van der Waals surface area (Å²) in [4.78, 5) is 25.5. The van der Waals surface area contributed by atoms with Crippen molar-refractivity contribution >= 4 is 16.9 Å². The number of amides is 1. The van der Waals surface area contributed by atoms with Crippen molar-refractivity contribution < 1.29 is 14.3 Å². The number of pyridine rings is 1. The Kier molecular flexibility index (Phi) is 6.59. The van der Waals surface area contributed by atoms with E-state index >= 15 is 4.39 Å². The third-order valence-corrected chi connectivity index (χ3v) is 5.54. The zero-order chi connectivity index (χ0) is 24.5. The number of rotatable bonds is 5. The summed E-state index contributed by atoms with van der Waals surface area (Å²) < 4.78 is 16.8. The molecule has 0 fully saturated rings. The van der Waals surface area contributed by atoms with E-state index in [1.54, 1.807) is 41.0 Å². The van der Waals surface area contributed by atoms with Crippen LogP contribution in [0.3, 0.4) is 0 Å². The van der Waals surface area contributed by atoms with E-state index in [0.29, 0.717) is 34.1 Å². The van der Waals surface area contributed by atoms with Crippen molar-refractivity contribution in [3.05, 3.63) is 69.9 Å². The van der Waals surface area contributed by atoms with Crippen molar-refractivity contribution in [3.8, 4) is 17.2 Å². The molecule has 3 rings (SSSR count). The summed E-state index contributed by atoms with van der Waals surface area (Å²) in [5, 5.41) is 22.5. The molecule has 2 aromatic carbocycles. The molecule has 0 aliphatic carbocycles. The summed E-state index contributed by atoms with van der Waals surface area (Å²) in [7, 11) is 0. The van der Waals surface area contributed by atoms with Crippen LogP contribution in [0, 0.1) is 28.5 Å². The molecule has 1 atom stereocenters. The highest BCUT2D eigenvalue weighted by molar-refractivity contribution is 5.98. The van der Waals surface area contributed by atoms with E-state index in [4.69, 9.17) is 0 Å². The first-order valence-electron chi connectivity index (χ1n) is 10.8. The molecule has 1 heterocycles. The van der Waals surface area contributed by atoms with Crippen LogP contribution in [-0.2, 0) is 6.54 Å². The molecule has 3 aromatic rings. The van der Waals surface area contributed by atoms with E-state index in [-0.39, 0.29) is 17.0 Å². The van der Waals surface area contributed by atoms with Gasteiger partial charge in [0, 0.05) is 23.1 Å². The molecular formula is C26H28FN3O3. The van der Waals surface area contributed by atoms with Crippen LogP contribution in [0.5, 0.6) is 0 Å². The van der Waals surface area contributed by atoms with E-state index in [2.05, 4.69) is 11.4 Å². The number of nitrogens with one attached hydrogen (secondary N) is 1. The van der Waals surface area contributed by atoms with Crippen LogP contribution in [0.4, 0.5) is 9.18 Å². The van der Waals surface area contributed by atoms with Crippen molar-refractivity contribution in [2.24, 2.45) is 11.3 Å². The molecule has 7 heteroatoms. The van der Waals surface area contributed by atoms with Crippen LogP contribution < -0.4 is 10.9 Å². The molecule has 6 nitrogen and oxygen atoms in total. The topological polar surface area (TPSA) is 95.1 Å². The zero-order valence-electron chi connectivity index (χ0n) is 19.4. The van der Waals surface area contributed by atoms with E-state index in [0.717, 1.165) is 0 Å². The van der Waals surface area contributed by atoms with Crippen molar-refractivity contribution in [1.82, 2.24) is 9.88 Å². The molecule has 33 heavy (non-hydrogen) atoms. The number of nitriles is 1. The van der Waals surface area contributed by atoms with Gasteiger partial charge in [0.1, 0.15) is 5.82 Å². The van der Waals surface area contributed by atoms with Gasteiger partial charge in [0.05, 0.1) is 23.4 Å². The van der Waals surface area contributed by atoms with E-state index in [1.165, 1.54) is 6.07 Å². The maximum Gasteiger partial charge on any atom is 0.405 e. The maximum atomic E-state index is 15.2. The Morgan fingerprint density at radius 2 is 1.85 bits per heavy atom. The summed E-state index contributed by atoms with van der Waals surface area (Å²) >= 11 is 0. The standard InChI is InChI=1S/C26H28FN3O3/c1-15(2)14-30-22(23(26(3,4)5)29-25(32)33)21(18-8-6-7-9-20(18)27)19-12-16(13-28)10-11-17(19)24(30)31/h6-12,15,23,29H,14H2,1-5H3,(H,32,33). The number of fused-ring (bicyclic) bond motifs is 1. The molecular weight excluding hydrogens is 421 g/mol. The minimum Gasteiger partial charge on any atom is -0.465 e. The number of nitrogens with zero attached hydrogens (tertiary/aromatic N) is 2. The van der Waals surface area contributed by atoms with Gasteiger partial charge in [-0.2, -0.15) is 5.26 Å². The summed E-state index contributed by atoms with van der Waals surface area (Å²) in [6.45, 7) is 9.81. The van der Waals surface area contributed by atoms with Gasteiger partial charge in [-0.15, -0.1) is 0 Å². The van der Waals surface area contributed by atoms with E-state index < -0.39 is 23.4 Å². The van der Waals surface area contributed by atoms with Crippen LogP contribution in [0.15, 0.2) is 47.3 Å². The number of hydrogen-bond donors (Lipinski definition) is 2. The number of halogens is 1. The molecule has 0 spiro atoms. The van der Waals surface area contributed by atoms with Crippen LogP contribution in [0.25, 0.3) is 21.9 Å². The zero-order valence-corrected chi connectivity index (χ0v) is 19.4. The van der Waals surface area contributed by atoms with Crippen molar-refractivity contribution in [1.29, 1.82) is 5.26 Å². The van der Waals surface area contributed by atoms with Gasteiger partial charge in [0.2, 0.25) is 0 Å². The van der Waals surface area contributed by atoms with Gasteiger partial charge >= 0.3 is 6.09 Å². The van der Waals surface area contributed by atoms with E-state index in [1.807, 2.05) is 34.6 Å². The number of aromatic nitrogens is 1. The molecule has 0 saturated heterocycles. The minimum atomic E-state index is -1.25. The lowest BCUT2D eigenvalue weighted by atomic mass is 9.80. The largest absolute Gasteiger partial charge is 0.465 e. The Labute approximate surface area is 192 Å². The van der Waals surface area contributed by atoms with Crippen molar-refractivity contribution in [3.63, 3.8) is 0 Å². The first-order chi connectivity index (χ1) is 15.5. The molecule has 172 valence electrons. The van der Waals surface area contributed by atoms with E-state index in [9.17, 15) is 20.0 Å². The smallest absolute Gasteiger partial charge is 0.405 e. The van der Waals surface area contributed by atoms with Crippen LogP contribution in [0.2, 0.25) is 0 Å². The maximum absolute atomic E-state index is 15.2. The fourth-order valence-corrected chi connectivity index (χ4v) is 4.15. The molecule has 1 aromatic heterocycles. The predicted octanol–water partition coefficient (Wildman–Crippen LogP) is 5.69. The first kappa shape index (κ1) is 24.0. The lowest BCUT2D eigenvalue weighted by Gasteiger charge is -2.35. The fourth-order valence-electron chi connectivity index (χ4n) is 4.15. The van der Waals surface area contributed by atoms with Gasteiger partial charge in [-0.05, 0) is 41.0 Å². The number of benzene rings is 2. The van der Waals surface area contributed by atoms with Gasteiger partial charge in [0.15, 0.2) is 0 Å². The third kappa shape index (κ3) is 4.75. The Balaban J connectivity index is 2.65. The lowest BCUT2D eigenvalue weighted by Crippen LogP contribution is -2.41. The third-order valence-electron chi connectivity index (χ3n) is 5.54. The normalized spacial score (nSPS) is 12.5. The second-order valence-electron chi connectivity index (χ2n) is 9.67. The number of carbonyl (C=O) groups is 1. The number of carboxylic acid groups (broad SMARTS) is 1. The molecule has 0 saturated carbocycles. The van der Waals surface area contributed by atoms with Gasteiger partial charge in [-0.1, -0.05) is 52.8 Å². The summed E-state index contributed by atoms with van der Waals surface area (Å²) in [5.74, 6) is -0.434. The van der Waals surface area contributed by atoms with Gasteiger partial charge in [0.25, 0.3) is 5.56 Å². The van der Waals surface area contributed by atoms with Gasteiger partial charge < -0.3 is 15.0 Å². The SMILES string of the molecule is CC(C)Cn1c(C(NC(=O)O)C(C)(C)C)c(-c2ccccc2F)c2cc(C#N)ccc2c1=O. The first-order valence-corrected chi connectivity index (χ1v) is 10.8. The highest BCUT2D eigenvalue weighted by atomic mass is 19.1. The quantitative estimate of drug-likeness (QED) is 0.523. The highest BCUT2D eigenvalue weighted by Crippen LogP contribution is 2.41. The minimum absolute atomic E-state index is 0.0659. The Morgan fingerprint density at radius 3 is 2.39 bits per heavy atom. The molecule has 2 N–H and O–H groups in total. The lowest BCUT2D eigenvalue weighted by molar-refractivity contribution is 0.172. The van der Waals surface area contributed by atoms with Crippen LogP contribution in [-0.4, -0.2) is 15.8 Å². The second kappa shape index (κ2) is 9.07. The van der Waals surface area contributed by atoms with Crippen molar-refractivity contribution in [2.75, 3.05) is 0 Å².